The van der Waals surface area contributed by atoms with Crippen LogP contribution in [-0.4, -0.2) is 5.78 Å². The van der Waals surface area contributed by atoms with Crippen molar-refractivity contribution < 1.29 is 9.18 Å². The van der Waals surface area contributed by atoms with Gasteiger partial charge in [0, 0.05) is 12.0 Å². The minimum absolute atomic E-state index is 0.107. The van der Waals surface area contributed by atoms with Crippen LogP contribution in [0.3, 0.4) is 0 Å². The average molecular weight is 307 g/mol. The second-order valence-electron chi connectivity index (χ2n) is 4.04. The molecule has 0 aliphatic carbocycles. The van der Waals surface area contributed by atoms with Gasteiger partial charge < -0.3 is 0 Å². The smallest absolute Gasteiger partial charge is 0.163 e. The predicted octanol–water partition coefficient (Wildman–Crippen LogP) is 4.40. The highest BCUT2D eigenvalue weighted by atomic mass is 79.9. The van der Waals surface area contributed by atoms with Gasteiger partial charge >= 0.3 is 0 Å². The van der Waals surface area contributed by atoms with E-state index in [9.17, 15) is 9.18 Å². The summed E-state index contributed by atoms with van der Waals surface area (Å²) < 4.78 is 13.5. The van der Waals surface area contributed by atoms with Gasteiger partial charge in [-0.15, -0.1) is 0 Å². The number of carbonyl (C=O) groups excluding carboxylic acids is 1. The molecule has 0 saturated carbocycles. The Labute approximate surface area is 114 Å². The molecule has 0 bridgehead atoms. The van der Waals surface area contributed by atoms with Crippen LogP contribution in [0.5, 0.6) is 0 Å². The second-order valence-corrected chi connectivity index (χ2v) is 4.89. The number of benzene rings is 2. The Morgan fingerprint density at radius 3 is 2.50 bits per heavy atom. The van der Waals surface area contributed by atoms with E-state index in [0.29, 0.717) is 17.3 Å². The van der Waals surface area contributed by atoms with Gasteiger partial charge in [0.2, 0.25) is 0 Å². The van der Waals surface area contributed by atoms with Gasteiger partial charge in [-0.2, -0.15) is 0 Å². The Balaban J connectivity index is 1.99. The van der Waals surface area contributed by atoms with E-state index in [-0.39, 0.29) is 11.6 Å². The van der Waals surface area contributed by atoms with Crippen LogP contribution in [0.2, 0.25) is 0 Å². The molecule has 0 aromatic heterocycles. The largest absolute Gasteiger partial charge is 0.294 e. The van der Waals surface area contributed by atoms with Crippen molar-refractivity contribution in [1.29, 1.82) is 0 Å². The third-order valence-corrected chi connectivity index (χ3v) is 3.33. The van der Waals surface area contributed by atoms with Crippen LogP contribution in [0.4, 0.5) is 4.39 Å². The topological polar surface area (TPSA) is 17.1 Å². The predicted molar refractivity (Wildman–Crippen MR) is 73.2 cm³/mol. The van der Waals surface area contributed by atoms with E-state index in [1.807, 2.05) is 30.3 Å². The Bertz CT molecular complexity index is 552. The third kappa shape index (κ3) is 3.26. The molecule has 0 aliphatic heterocycles. The van der Waals surface area contributed by atoms with Crippen LogP contribution >= 0.6 is 15.9 Å². The van der Waals surface area contributed by atoms with Crippen molar-refractivity contribution in [2.24, 2.45) is 0 Å². The number of rotatable bonds is 4. The Morgan fingerprint density at radius 1 is 1.11 bits per heavy atom. The molecule has 0 fully saturated rings. The number of ketones is 1. The van der Waals surface area contributed by atoms with E-state index in [2.05, 4.69) is 15.9 Å². The molecule has 0 saturated heterocycles. The van der Waals surface area contributed by atoms with E-state index >= 15 is 0 Å². The molecule has 0 aliphatic rings. The van der Waals surface area contributed by atoms with E-state index < -0.39 is 0 Å². The molecule has 3 heteroatoms. The number of aryl methyl sites for hydroxylation is 1. The van der Waals surface area contributed by atoms with E-state index in [1.165, 1.54) is 6.07 Å². The first-order chi connectivity index (χ1) is 8.66. The quantitative estimate of drug-likeness (QED) is 0.765. The van der Waals surface area contributed by atoms with Crippen LogP contribution in [-0.2, 0) is 6.42 Å². The zero-order valence-electron chi connectivity index (χ0n) is 9.70. The molecule has 0 spiro atoms. The van der Waals surface area contributed by atoms with Crippen LogP contribution in [0.15, 0.2) is 53.0 Å². The fraction of sp³-hybridized carbons (Fsp3) is 0.133. The van der Waals surface area contributed by atoms with Crippen LogP contribution in [0, 0.1) is 5.82 Å². The number of halogens is 2. The van der Waals surface area contributed by atoms with Crippen LogP contribution in [0.25, 0.3) is 0 Å². The van der Waals surface area contributed by atoms with E-state index in [4.69, 9.17) is 0 Å². The summed E-state index contributed by atoms with van der Waals surface area (Å²) in [5.74, 6) is -0.177. The molecule has 1 nitrogen and oxygen atoms in total. The minimum Gasteiger partial charge on any atom is -0.294 e. The second kappa shape index (κ2) is 5.91. The number of hydrogen-bond acceptors (Lipinski definition) is 1. The van der Waals surface area contributed by atoms with Crippen molar-refractivity contribution >= 4 is 21.7 Å². The normalized spacial score (nSPS) is 10.3. The maximum Gasteiger partial charge on any atom is 0.163 e. The summed E-state index contributed by atoms with van der Waals surface area (Å²) in [6.45, 7) is 0. The minimum atomic E-state index is -0.284. The molecule has 2 aromatic rings. The fourth-order valence-electron chi connectivity index (χ4n) is 1.72. The summed E-state index contributed by atoms with van der Waals surface area (Å²) in [5.41, 5.74) is 1.67. The van der Waals surface area contributed by atoms with Crippen molar-refractivity contribution in [3.05, 3.63) is 69.9 Å². The average Bonchev–Trinajstić information content (AvgIpc) is 2.41. The highest BCUT2D eigenvalue weighted by molar-refractivity contribution is 9.10. The lowest BCUT2D eigenvalue weighted by Gasteiger charge is -2.03. The highest BCUT2D eigenvalue weighted by Crippen LogP contribution is 2.18. The molecular weight excluding hydrogens is 295 g/mol. The molecule has 0 atom stereocenters. The van der Waals surface area contributed by atoms with E-state index in [1.54, 1.807) is 12.1 Å². The Kier molecular flexibility index (Phi) is 4.26. The van der Waals surface area contributed by atoms with Crippen molar-refractivity contribution in [2.75, 3.05) is 0 Å². The van der Waals surface area contributed by atoms with Gasteiger partial charge in [0.05, 0.1) is 4.47 Å². The van der Waals surface area contributed by atoms with Gasteiger partial charge in [-0.25, -0.2) is 4.39 Å². The van der Waals surface area contributed by atoms with E-state index in [0.717, 1.165) is 11.1 Å². The summed E-state index contributed by atoms with van der Waals surface area (Å²) in [5, 5.41) is 0. The molecule has 0 radical (unpaired) electrons. The van der Waals surface area contributed by atoms with Gasteiger partial charge in [0.1, 0.15) is 5.82 Å². The lowest BCUT2D eigenvalue weighted by Crippen LogP contribution is -2.01. The summed E-state index contributed by atoms with van der Waals surface area (Å²) in [6.07, 6.45) is 1.05. The summed E-state index contributed by atoms with van der Waals surface area (Å²) in [6, 6.07) is 14.0. The van der Waals surface area contributed by atoms with Gasteiger partial charge in [0.15, 0.2) is 5.78 Å². The molecule has 0 N–H and O–H groups in total. The standard InChI is InChI=1S/C15H12BrFO/c16-13-10-11(6-8-14(13)17)7-9-15(18)12-4-2-1-3-5-12/h1-6,8,10H,7,9H2. The first-order valence-electron chi connectivity index (χ1n) is 5.69. The third-order valence-electron chi connectivity index (χ3n) is 2.72. The molecule has 0 heterocycles. The van der Waals surface area contributed by atoms with Crippen molar-refractivity contribution in [3.8, 4) is 0 Å². The molecule has 0 amide bonds. The fourth-order valence-corrected chi connectivity index (χ4v) is 2.15. The van der Waals surface area contributed by atoms with Crippen LogP contribution < -0.4 is 0 Å². The monoisotopic (exact) mass is 306 g/mol. The van der Waals surface area contributed by atoms with Gasteiger partial charge in [-0.3, -0.25) is 4.79 Å². The first kappa shape index (κ1) is 13.0. The molecule has 92 valence electrons. The Hall–Kier alpha value is -1.48. The SMILES string of the molecule is O=C(CCc1ccc(F)c(Br)c1)c1ccccc1. The van der Waals surface area contributed by atoms with Gasteiger partial charge in [0.25, 0.3) is 0 Å². The number of Topliss-reactive ketones (excluding diaryl/α,β-unsaturated/α-hetero) is 1. The molecule has 2 rings (SSSR count). The first-order valence-corrected chi connectivity index (χ1v) is 6.48. The molecular formula is C15H12BrFO. The van der Waals surface area contributed by atoms with Crippen LogP contribution in [0.1, 0.15) is 22.3 Å². The van der Waals surface area contributed by atoms with Crippen molar-refractivity contribution in [3.63, 3.8) is 0 Å². The molecule has 2 aromatic carbocycles. The summed E-state index contributed by atoms with van der Waals surface area (Å²) >= 11 is 3.14. The maximum absolute atomic E-state index is 13.0. The number of hydrogen-bond donors (Lipinski definition) is 0. The van der Waals surface area contributed by atoms with Crippen molar-refractivity contribution in [2.45, 2.75) is 12.8 Å². The number of carbonyl (C=O) groups is 1. The maximum atomic E-state index is 13.0. The lowest BCUT2D eigenvalue weighted by atomic mass is 10.0. The zero-order valence-corrected chi connectivity index (χ0v) is 11.3. The Morgan fingerprint density at radius 2 is 1.83 bits per heavy atom. The van der Waals surface area contributed by atoms with Gasteiger partial charge in [-0.05, 0) is 40.0 Å². The zero-order chi connectivity index (χ0) is 13.0. The molecule has 0 unspecified atom stereocenters. The molecule has 18 heavy (non-hydrogen) atoms. The summed E-state index contributed by atoms with van der Waals surface area (Å²) in [7, 11) is 0. The summed E-state index contributed by atoms with van der Waals surface area (Å²) in [4.78, 5) is 11.9. The van der Waals surface area contributed by atoms with Gasteiger partial charge in [-0.1, -0.05) is 36.4 Å². The highest BCUT2D eigenvalue weighted by Gasteiger charge is 2.06. The lowest BCUT2D eigenvalue weighted by molar-refractivity contribution is 0.0983. The van der Waals surface area contributed by atoms with Crippen molar-refractivity contribution in [1.82, 2.24) is 0 Å².